The lowest BCUT2D eigenvalue weighted by Gasteiger charge is -2.21. The summed E-state index contributed by atoms with van der Waals surface area (Å²) in [6.07, 6.45) is -5.68. The third kappa shape index (κ3) is 5.06. The van der Waals surface area contributed by atoms with Gasteiger partial charge >= 0.3 is 0 Å². The fourth-order valence-electron chi connectivity index (χ4n) is 4.01. The van der Waals surface area contributed by atoms with Crippen molar-refractivity contribution in [1.29, 1.82) is 0 Å². The highest BCUT2D eigenvalue weighted by molar-refractivity contribution is 7.21. The molecule has 0 saturated heterocycles. The number of benzene rings is 1. The topological polar surface area (TPSA) is 112 Å². The fourth-order valence-corrected chi connectivity index (χ4v) is 5.07. The number of fused-ring (bicyclic) bond motifs is 1. The van der Waals surface area contributed by atoms with Crippen molar-refractivity contribution in [2.45, 2.75) is 44.9 Å². The number of ether oxygens (including phenoxy) is 1. The minimum Gasteiger partial charge on any atom is -0.390 e. The van der Waals surface area contributed by atoms with Crippen molar-refractivity contribution in [3.63, 3.8) is 0 Å². The van der Waals surface area contributed by atoms with Crippen molar-refractivity contribution in [2.24, 2.45) is 5.92 Å². The third-order valence-electron chi connectivity index (χ3n) is 5.70. The second kappa shape index (κ2) is 10.2. The van der Waals surface area contributed by atoms with Gasteiger partial charge in [0.05, 0.1) is 46.1 Å². The average Bonchev–Trinajstić information content (AvgIpc) is 3.33. The van der Waals surface area contributed by atoms with Crippen molar-refractivity contribution in [2.75, 3.05) is 30.4 Å². The van der Waals surface area contributed by atoms with Gasteiger partial charge in [-0.15, -0.1) is 11.3 Å². The molecule has 2 heterocycles. The van der Waals surface area contributed by atoms with Gasteiger partial charge in [0.15, 0.2) is 0 Å². The van der Waals surface area contributed by atoms with Crippen LogP contribution in [0.5, 0.6) is 0 Å². The molecule has 1 aromatic carbocycles. The fraction of sp³-hybridized carbons (Fsp3) is 0.500. The van der Waals surface area contributed by atoms with Crippen LogP contribution < -0.4 is 10.6 Å². The van der Waals surface area contributed by atoms with E-state index in [0.717, 1.165) is 10.2 Å². The highest BCUT2D eigenvalue weighted by atomic mass is 32.1. The first-order valence-corrected chi connectivity index (χ1v) is 11.7. The molecule has 4 rings (SSSR count). The lowest BCUT2D eigenvalue weighted by Crippen LogP contribution is -2.36. The molecule has 0 aliphatic heterocycles. The van der Waals surface area contributed by atoms with Crippen molar-refractivity contribution in [1.82, 2.24) is 15.0 Å². The summed E-state index contributed by atoms with van der Waals surface area (Å²) in [5.41, 5.74) is 2.11. The van der Waals surface area contributed by atoms with Gasteiger partial charge < -0.3 is 25.6 Å². The first-order chi connectivity index (χ1) is 15.9. The van der Waals surface area contributed by atoms with Crippen molar-refractivity contribution < 1.29 is 23.7 Å². The lowest BCUT2D eigenvalue weighted by molar-refractivity contribution is -0.0333. The van der Waals surface area contributed by atoms with E-state index in [9.17, 15) is 19.0 Å². The number of nitrogens with zero attached hydrogens (tertiary/aromatic N) is 3. The molecular formula is C22H27F2N5O3S. The number of thiazole rings is 1. The Morgan fingerprint density at radius 2 is 1.97 bits per heavy atom. The van der Waals surface area contributed by atoms with Crippen LogP contribution in [0.4, 0.5) is 20.5 Å². The van der Waals surface area contributed by atoms with E-state index >= 15 is 0 Å². The van der Waals surface area contributed by atoms with Crippen LogP contribution in [-0.4, -0.2) is 69.6 Å². The van der Waals surface area contributed by atoms with Gasteiger partial charge in [0.1, 0.15) is 16.9 Å². The molecule has 4 atom stereocenters. The van der Waals surface area contributed by atoms with Crippen LogP contribution in [0.25, 0.3) is 20.8 Å². The number of para-hydroxylation sites is 1. The molecule has 1 aliphatic carbocycles. The molecule has 0 radical (unpaired) electrons. The number of aliphatic hydroxyl groups is 2. The number of alkyl halides is 2. The van der Waals surface area contributed by atoms with E-state index in [2.05, 4.69) is 20.6 Å². The maximum Gasteiger partial charge on any atom is 0.244 e. The van der Waals surface area contributed by atoms with Gasteiger partial charge in [-0.25, -0.2) is 18.7 Å². The highest BCUT2D eigenvalue weighted by Crippen LogP contribution is 2.39. The van der Waals surface area contributed by atoms with Crippen molar-refractivity contribution in [3.8, 4) is 10.6 Å². The van der Waals surface area contributed by atoms with Crippen molar-refractivity contribution >= 4 is 33.3 Å². The van der Waals surface area contributed by atoms with Crippen LogP contribution in [0.15, 0.2) is 24.3 Å². The van der Waals surface area contributed by atoms with Gasteiger partial charge in [0.2, 0.25) is 12.4 Å². The number of hydrogen-bond acceptors (Lipinski definition) is 9. The Labute approximate surface area is 194 Å². The van der Waals surface area contributed by atoms with Crippen LogP contribution in [0, 0.1) is 12.8 Å². The normalized spacial score (nSPS) is 22.9. The minimum atomic E-state index is -2.73. The zero-order valence-electron chi connectivity index (χ0n) is 18.3. The summed E-state index contributed by atoms with van der Waals surface area (Å²) in [7, 11) is 0. The largest absolute Gasteiger partial charge is 0.390 e. The summed E-state index contributed by atoms with van der Waals surface area (Å²) in [5, 5.41) is 27.4. The summed E-state index contributed by atoms with van der Waals surface area (Å²) in [4.78, 5) is 13.8. The number of halogens is 2. The van der Waals surface area contributed by atoms with E-state index in [0.29, 0.717) is 47.8 Å². The Hall–Kier alpha value is -2.47. The zero-order chi connectivity index (χ0) is 23.5. The van der Waals surface area contributed by atoms with Crippen LogP contribution in [0.1, 0.15) is 19.0 Å². The molecule has 0 spiro atoms. The van der Waals surface area contributed by atoms with E-state index in [1.165, 1.54) is 11.3 Å². The Morgan fingerprint density at radius 3 is 2.67 bits per heavy atom. The average molecular weight is 480 g/mol. The monoisotopic (exact) mass is 479 g/mol. The quantitative estimate of drug-likeness (QED) is 0.346. The van der Waals surface area contributed by atoms with E-state index in [1.807, 2.05) is 38.1 Å². The first kappa shape index (κ1) is 23.7. The molecule has 2 aromatic heterocycles. The summed E-state index contributed by atoms with van der Waals surface area (Å²) in [6, 6.07) is 6.91. The second-order valence-electron chi connectivity index (χ2n) is 7.93. The summed E-state index contributed by atoms with van der Waals surface area (Å²) in [5.74, 6) is -0.597. The van der Waals surface area contributed by atoms with E-state index in [1.54, 1.807) is 0 Å². The molecule has 8 nitrogen and oxygen atoms in total. The van der Waals surface area contributed by atoms with Crippen LogP contribution >= 0.6 is 11.3 Å². The van der Waals surface area contributed by atoms with Gasteiger partial charge in [-0.2, -0.15) is 4.98 Å². The number of hydrogen-bond donors (Lipinski definition) is 4. The molecule has 1 saturated carbocycles. The van der Waals surface area contributed by atoms with E-state index in [4.69, 9.17) is 9.72 Å². The Bertz CT molecular complexity index is 1070. The number of anilines is 2. The van der Waals surface area contributed by atoms with Crippen molar-refractivity contribution in [3.05, 3.63) is 30.0 Å². The number of rotatable bonds is 9. The Morgan fingerprint density at radius 1 is 1.18 bits per heavy atom. The Balaban J connectivity index is 1.69. The summed E-state index contributed by atoms with van der Waals surface area (Å²) < 4.78 is 33.0. The zero-order valence-corrected chi connectivity index (χ0v) is 19.1. The SMILES string of the molecule is CCOCCNc1nc(C)c(-c2nc3ccccc3s2)c(NC2CC(C(F)F)C(O)C2O)n1. The van der Waals surface area contributed by atoms with Gasteiger partial charge in [0.25, 0.3) is 0 Å². The molecule has 0 amide bonds. The Kier molecular flexibility index (Phi) is 7.32. The van der Waals surface area contributed by atoms with E-state index < -0.39 is 30.6 Å². The molecule has 11 heteroatoms. The number of nitrogens with one attached hydrogen (secondary N) is 2. The maximum atomic E-state index is 13.3. The predicted molar refractivity (Wildman–Crippen MR) is 124 cm³/mol. The second-order valence-corrected chi connectivity index (χ2v) is 8.96. The van der Waals surface area contributed by atoms with Gasteiger partial charge in [-0.05, 0) is 32.4 Å². The highest BCUT2D eigenvalue weighted by Gasteiger charge is 2.46. The molecule has 178 valence electrons. The lowest BCUT2D eigenvalue weighted by atomic mass is 10.1. The van der Waals surface area contributed by atoms with Gasteiger partial charge in [-0.1, -0.05) is 12.1 Å². The molecule has 33 heavy (non-hydrogen) atoms. The molecular weight excluding hydrogens is 452 g/mol. The number of aromatic nitrogens is 3. The maximum absolute atomic E-state index is 13.3. The van der Waals surface area contributed by atoms with Crippen LogP contribution in [-0.2, 0) is 4.74 Å². The summed E-state index contributed by atoms with van der Waals surface area (Å²) in [6.45, 7) is 5.29. The third-order valence-corrected chi connectivity index (χ3v) is 6.76. The molecule has 4 unspecified atom stereocenters. The number of aliphatic hydroxyl groups excluding tert-OH is 2. The number of aryl methyl sites for hydroxylation is 1. The van der Waals surface area contributed by atoms with Gasteiger partial charge in [0, 0.05) is 13.2 Å². The minimum absolute atomic E-state index is 0.0879. The smallest absolute Gasteiger partial charge is 0.244 e. The standard InChI is InChI=1S/C22H27F2N5O3S/c1-3-32-9-8-25-22-26-11(2)16(21-28-13-6-4-5-7-15(13)33-21)20(29-22)27-14-10-12(19(23)24)17(30)18(14)31/h4-7,12,14,17-19,30-31H,3,8-10H2,1-2H3,(H2,25,26,27,29). The van der Waals surface area contributed by atoms with E-state index in [-0.39, 0.29) is 6.42 Å². The molecule has 4 N–H and O–H groups in total. The van der Waals surface area contributed by atoms with Crippen LogP contribution in [0.2, 0.25) is 0 Å². The van der Waals surface area contributed by atoms with Gasteiger partial charge in [-0.3, -0.25) is 0 Å². The van der Waals surface area contributed by atoms with Crippen LogP contribution in [0.3, 0.4) is 0 Å². The predicted octanol–water partition coefficient (Wildman–Crippen LogP) is 3.30. The molecule has 1 aliphatic rings. The molecule has 3 aromatic rings. The molecule has 1 fully saturated rings. The first-order valence-electron chi connectivity index (χ1n) is 10.9. The summed E-state index contributed by atoms with van der Waals surface area (Å²) >= 11 is 1.47. The molecule has 0 bridgehead atoms.